The van der Waals surface area contributed by atoms with Crippen LogP contribution in [0.25, 0.3) is 5.65 Å². The smallest absolute Gasteiger partial charge is 0.191 e. The Labute approximate surface area is 166 Å². The van der Waals surface area contributed by atoms with Crippen molar-refractivity contribution >= 4 is 11.6 Å². The van der Waals surface area contributed by atoms with E-state index in [2.05, 4.69) is 45.8 Å². The lowest BCUT2D eigenvalue weighted by Gasteiger charge is -2.12. The Morgan fingerprint density at radius 3 is 2.86 bits per heavy atom. The van der Waals surface area contributed by atoms with E-state index in [1.54, 1.807) is 6.08 Å². The molecule has 2 heterocycles. The Morgan fingerprint density at radius 2 is 2.07 bits per heavy atom. The van der Waals surface area contributed by atoms with Gasteiger partial charge in [-0.1, -0.05) is 36.9 Å². The highest BCUT2D eigenvalue weighted by Gasteiger charge is 2.06. The number of nitrogens with zero attached hydrogens (tertiary/aromatic N) is 3. The maximum atomic E-state index is 5.71. The van der Waals surface area contributed by atoms with E-state index in [1.165, 1.54) is 0 Å². The van der Waals surface area contributed by atoms with Gasteiger partial charge >= 0.3 is 0 Å². The summed E-state index contributed by atoms with van der Waals surface area (Å²) in [6.45, 7) is 10.2. The highest BCUT2D eigenvalue weighted by atomic mass is 16.5. The number of pyridine rings is 1. The average molecular weight is 377 g/mol. The molecule has 0 aliphatic rings. The van der Waals surface area contributed by atoms with Gasteiger partial charge in [-0.25, -0.2) is 9.98 Å². The second-order valence-corrected chi connectivity index (χ2v) is 6.38. The van der Waals surface area contributed by atoms with E-state index >= 15 is 0 Å². The molecule has 6 heteroatoms. The van der Waals surface area contributed by atoms with Gasteiger partial charge in [0.05, 0.1) is 18.8 Å². The SMILES string of the molecule is C=CCOc1ccccc1CN=C(NCC)NCc1cn2c(C)cccc2n1. The van der Waals surface area contributed by atoms with E-state index in [0.29, 0.717) is 19.7 Å². The molecule has 3 aromatic rings. The Balaban J connectivity index is 1.69. The zero-order chi connectivity index (χ0) is 19.8. The first kappa shape index (κ1) is 19.5. The van der Waals surface area contributed by atoms with Gasteiger partial charge in [-0.15, -0.1) is 0 Å². The van der Waals surface area contributed by atoms with Crippen LogP contribution < -0.4 is 15.4 Å². The van der Waals surface area contributed by atoms with E-state index in [0.717, 1.165) is 40.9 Å². The van der Waals surface area contributed by atoms with Gasteiger partial charge in [0.15, 0.2) is 5.96 Å². The van der Waals surface area contributed by atoms with E-state index in [9.17, 15) is 0 Å². The molecule has 0 fully saturated rings. The number of benzene rings is 1. The summed E-state index contributed by atoms with van der Waals surface area (Å²) in [6.07, 6.45) is 3.79. The molecule has 0 bridgehead atoms. The number of aliphatic imine (C=N–C) groups is 1. The molecule has 0 saturated carbocycles. The first-order valence-corrected chi connectivity index (χ1v) is 9.48. The predicted molar refractivity (Wildman–Crippen MR) is 114 cm³/mol. The highest BCUT2D eigenvalue weighted by Crippen LogP contribution is 2.18. The van der Waals surface area contributed by atoms with Crippen molar-refractivity contribution in [3.63, 3.8) is 0 Å². The van der Waals surface area contributed by atoms with Crippen LogP contribution >= 0.6 is 0 Å². The minimum Gasteiger partial charge on any atom is -0.489 e. The van der Waals surface area contributed by atoms with Crippen molar-refractivity contribution in [3.05, 3.63) is 78.3 Å². The highest BCUT2D eigenvalue weighted by molar-refractivity contribution is 5.79. The van der Waals surface area contributed by atoms with Crippen LogP contribution in [0.4, 0.5) is 0 Å². The van der Waals surface area contributed by atoms with Crippen LogP contribution in [0.5, 0.6) is 5.75 Å². The number of nitrogens with one attached hydrogen (secondary N) is 2. The maximum absolute atomic E-state index is 5.71. The number of hydrogen-bond acceptors (Lipinski definition) is 3. The molecule has 0 aliphatic heterocycles. The molecule has 146 valence electrons. The average Bonchev–Trinajstić information content (AvgIpc) is 3.14. The third-order valence-electron chi connectivity index (χ3n) is 4.26. The third kappa shape index (κ3) is 4.91. The largest absolute Gasteiger partial charge is 0.489 e. The summed E-state index contributed by atoms with van der Waals surface area (Å²) >= 11 is 0. The van der Waals surface area contributed by atoms with Crippen LogP contribution in [0.2, 0.25) is 0 Å². The van der Waals surface area contributed by atoms with Gasteiger partial charge < -0.3 is 19.8 Å². The van der Waals surface area contributed by atoms with Crippen LogP contribution in [-0.2, 0) is 13.1 Å². The van der Waals surface area contributed by atoms with Gasteiger partial charge in [0.1, 0.15) is 18.0 Å². The lowest BCUT2D eigenvalue weighted by molar-refractivity contribution is 0.359. The van der Waals surface area contributed by atoms with Crippen LogP contribution in [0.1, 0.15) is 23.9 Å². The Bertz CT molecular complexity index is 960. The predicted octanol–water partition coefficient (Wildman–Crippen LogP) is 3.46. The summed E-state index contributed by atoms with van der Waals surface area (Å²) in [5.74, 6) is 1.58. The van der Waals surface area contributed by atoms with Crippen molar-refractivity contribution in [2.75, 3.05) is 13.2 Å². The van der Waals surface area contributed by atoms with Crippen LogP contribution in [0.3, 0.4) is 0 Å². The summed E-state index contributed by atoms with van der Waals surface area (Å²) < 4.78 is 7.80. The molecule has 28 heavy (non-hydrogen) atoms. The normalized spacial score (nSPS) is 11.4. The topological polar surface area (TPSA) is 63.0 Å². The fraction of sp³-hybridized carbons (Fsp3) is 0.273. The fourth-order valence-electron chi connectivity index (χ4n) is 2.89. The lowest BCUT2D eigenvalue weighted by atomic mass is 10.2. The minimum atomic E-state index is 0.479. The molecule has 0 saturated heterocycles. The summed E-state index contributed by atoms with van der Waals surface area (Å²) in [7, 11) is 0. The number of hydrogen-bond donors (Lipinski definition) is 2. The van der Waals surface area contributed by atoms with Gasteiger partial charge in [-0.2, -0.15) is 0 Å². The standard InChI is InChI=1S/C22H27N5O/c1-4-13-28-20-11-7-6-10-18(20)14-24-22(23-5-2)25-15-19-16-27-17(3)9-8-12-21(27)26-19/h4,6-12,16H,1,5,13-15H2,2-3H3,(H2,23,24,25). The Hall–Kier alpha value is -3.28. The number of aryl methyl sites for hydroxylation is 1. The van der Waals surface area contributed by atoms with E-state index in [4.69, 9.17) is 9.73 Å². The van der Waals surface area contributed by atoms with Crippen LogP contribution in [-0.4, -0.2) is 28.5 Å². The van der Waals surface area contributed by atoms with E-state index < -0.39 is 0 Å². The van der Waals surface area contributed by atoms with Gasteiger partial charge in [0.2, 0.25) is 0 Å². The van der Waals surface area contributed by atoms with Crippen molar-refractivity contribution in [3.8, 4) is 5.75 Å². The third-order valence-corrected chi connectivity index (χ3v) is 4.26. The molecule has 3 rings (SSSR count). The first-order valence-electron chi connectivity index (χ1n) is 9.48. The Morgan fingerprint density at radius 1 is 1.21 bits per heavy atom. The van der Waals surface area contributed by atoms with Crippen molar-refractivity contribution in [2.24, 2.45) is 4.99 Å². The van der Waals surface area contributed by atoms with Gasteiger partial charge in [-0.3, -0.25) is 0 Å². The lowest BCUT2D eigenvalue weighted by Crippen LogP contribution is -2.36. The molecule has 0 unspecified atom stereocenters. The molecule has 2 aromatic heterocycles. The van der Waals surface area contributed by atoms with Crippen molar-refractivity contribution in [1.82, 2.24) is 20.0 Å². The second-order valence-electron chi connectivity index (χ2n) is 6.38. The number of imidazole rings is 1. The molecule has 1 aromatic carbocycles. The summed E-state index contributed by atoms with van der Waals surface area (Å²) in [5.41, 5.74) is 4.11. The molecule has 0 atom stereocenters. The number of guanidine groups is 1. The quantitative estimate of drug-likeness (QED) is 0.358. The zero-order valence-electron chi connectivity index (χ0n) is 16.5. The molecule has 6 nitrogen and oxygen atoms in total. The van der Waals surface area contributed by atoms with Crippen molar-refractivity contribution in [1.29, 1.82) is 0 Å². The second kappa shape index (κ2) is 9.60. The molecule has 2 N–H and O–H groups in total. The first-order chi connectivity index (χ1) is 13.7. The minimum absolute atomic E-state index is 0.479. The van der Waals surface area contributed by atoms with Crippen molar-refractivity contribution < 1.29 is 4.74 Å². The van der Waals surface area contributed by atoms with E-state index in [1.807, 2.05) is 43.3 Å². The molecule has 0 spiro atoms. The maximum Gasteiger partial charge on any atom is 0.191 e. The summed E-state index contributed by atoms with van der Waals surface area (Å²) in [5, 5.41) is 6.63. The number of rotatable bonds is 8. The van der Waals surface area contributed by atoms with Gasteiger partial charge in [0.25, 0.3) is 0 Å². The summed E-state index contributed by atoms with van der Waals surface area (Å²) in [6, 6.07) is 14.0. The van der Waals surface area contributed by atoms with E-state index in [-0.39, 0.29) is 0 Å². The van der Waals surface area contributed by atoms with Gasteiger partial charge in [-0.05, 0) is 32.0 Å². The number of aromatic nitrogens is 2. The Kier molecular flexibility index (Phi) is 6.68. The van der Waals surface area contributed by atoms with Crippen LogP contribution in [0, 0.1) is 6.92 Å². The zero-order valence-corrected chi connectivity index (χ0v) is 16.5. The number of ether oxygens (including phenoxy) is 1. The molecule has 0 amide bonds. The van der Waals surface area contributed by atoms with Crippen molar-refractivity contribution in [2.45, 2.75) is 26.9 Å². The monoisotopic (exact) mass is 377 g/mol. The fourth-order valence-corrected chi connectivity index (χ4v) is 2.89. The summed E-state index contributed by atoms with van der Waals surface area (Å²) in [4.78, 5) is 9.35. The number of para-hydroxylation sites is 1. The van der Waals surface area contributed by atoms with Gasteiger partial charge in [0, 0.05) is 24.0 Å². The van der Waals surface area contributed by atoms with Crippen LogP contribution in [0.15, 0.2) is 66.3 Å². The molecule has 0 aliphatic carbocycles. The molecular formula is C22H27N5O. The molecular weight excluding hydrogens is 350 g/mol. The number of fused-ring (bicyclic) bond motifs is 1. The molecule has 0 radical (unpaired) electrons.